The fourth-order valence-electron chi connectivity index (χ4n) is 2.58. The van der Waals surface area contributed by atoms with Crippen molar-refractivity contribution >= 4 is 15.9 Å². The van der Waals surface area contributed by atoms with Gasteiger partial charge in [-0.15, -0.1) is 0 Å². The van der Waals surface area contributed by atoms with Gasteiger partial charge in [-0.1, -0.05) is 0 Å². The Morgan fingerprint density at radius 3 is 2.33 bits per heavy atom. The molecule has 24 heavy (non-hydrogen) atoms. The molecule has 0 radical (unpaired) electrons. The third-order valence-corrected chi connectivity index (χ3v) is 5.85. The lowest BCUT2D eigenvalue weighted by Crippen LogP contribution is -2.52. The Hall–Kier alpha value is -1.95. The van der Waals surface area contributed by atoms with Crippen LogP contribution >= 0.6 is 0 Å². The quantitative estimate of drug-likeness (QED) is 0.783. The first-order chi connectivity index (χ1) is 11.4. The number of piperazine rings is 1. The average molecular weight is 351 g/mol. The van der Waals surface area contributed by atoms with Crippen molar-refractivity contribution < 1.29 is 17.9 Å². The van der Waals surface area contributed by atoms with Gasteiger partial charge >= 0.3 is 0 Å². The Morgan fingerprint density at radius 1 is 1.25 bits per heavy atom. The topological polar surface area (TPSA) is 90.7 Å². The minimum Gasteiger partial charge on any atom is -0.369 e. The maximum absolute atomic E-state index is 12.6. The highest BCUT2D eigenvalue weighted by molar-refractivity contribution is 7.89. The lowest BCUT2D eigenvalue weighted by atomic mass is 10.2. The molecule has 1 fully saturated rings. The van der Waals surface area contributed by atoms with Crippen molar-refractivity contribution in [1.82, 2.24) is 9.21 Å². The van der Waals surface area contributed by atoms with E-state index in [4.69, 9.17) is 10.00 Å². The van der Waals surface area contributed by atoms with E-state index in [0.717, 1.165) is 0 Å². The Balaban J connectivity index is 2.02. The predicted molar refractivity (Wildman–Crippen MR) is 87.6 cm³/mol. The molecule has 1 aliphatic rings. The summed E-state index contributed by atoms with van der Waals surface area (Å²) >= 11 is 0. The molecule has 0 aromatic heterocycles. The minimum atomic E-state index is -3.61. The van der Waals surface area contributed by atoms with E-state index in [9.17, 15) is 13.2 Å². The Kier molecular flexibility index (Phi) is 5.94. The van der Waals surface area contributed by atoms with Gasteiger partial charge in [-0.2, -0.15) is 9.57 Å². The number of rotatable bonds is 5. The fourth-order valence-corrected chi connectivity index (χ4v) is 4.00. The van der Waals surface area contributed by atoms with Gasteiger partial charge in [-0.3, -0.25) is 4.79 Å². The number of ether oxygens (including phenoxy) is 1. The summed E-state index contributed by atoms with van der Waals surface area (Å²) in [5, 5.41) is 8.79. The van der Waals surface area contributed by atoms with Crippen LogP contribution in [0.3, 0.4) is 0 Å². The van der Waals surface area contributed by atoms with Crippen LogP contribution in [0.1, 0.15) is 19.4 Å². The molecule has 1 saturated heterocycles. The molecule has 2 rings (SSSR count). The zero-order valence-corrected chi connectivity index (χ0v) is 14.6. The Labute approximate surface area is 142 Å². The number of carbonyl (C=O) groups excluding carboxylic acids is 1. The van der Waals surface area contributed by atoms with E-state index >= 15 is 0 Å². The van der Waals surface area contributed by atoms with Crippen LogP contribution < -0.4 is 0 Å². The number of benzene rings is 1. The van der Waals surface area contributed by atoms with Crippen molar-refractivity contribution in [2.24, 2.45) is 0 Å². The summed E-state index contributed by atoms with van der Waals surface area (Å²) in [6.07, 6.45) is -0.517. The monoisotopic (exact) mass is 351 g/mol. The second-order valence-corrected chi connectivity index (χ2v) is 7.40. The molecule has 0 N–H and O–H groups in total. The highest BCUT2D eigenvalue weighted by atomic mass is 32.2. The van der Waals surface area contributed by atoms with Crippen molar-refractivity contribution in [3.8, 4) is 6.07 Å². The normalized spacial score (nSPS) is 17.3. The summed E-state index contributed by atoms with van der Waals surface area (Å²) in [5.41, 5.74) is 0.411. The van der Waals surface area contributed by atoms with E-state index in [2.05, 4.69) is 0 Å². The van der Waals surface area contributed by atoms with Crippen LogP contribution in [0.5, 0.6) is 0 Å². The molecule has 130 valence electrons. The van der Waals surface area contributed by atoms with Gasteiger partial charge in [0.25, 0.3) is 5.91 Å². The molecular formula is C16H21N3O4S. The second-order valence-electron chi connectivity index (χ2n) is 5.46. The molecular weight excluding hydrogens is 330 g/mol. The average Bonchev–Trinajstić information content (AvgIpc) is 2.61. The number of hydrogen-bond acceptors (Lipinski definition) is 5. The maximum atomic E-state index is 12.6. The summed E-state index contributed by atoms with van der Waals surface area (Å²) < 4.78 is 31.9. The number of carbonyl (C=O) groups is 1. The predicted octanol–water partition coefficient (Wildman–Crippen LogP) is 0.816. The fraction of sp³-hybridized carbons (Fsp3) is 0.500. The highest BCUT2D eigenvalue weighted by Crippen LogP contribution is 2.18. The summed E-state index contributed by atoms with van der Waals surface area (Å²) in [7, 11) is -3.61. The van der Waals surface area contributed by atoms with Gasteiger partial charge in [0.1, 0.15) is 6.10 Å². The van der Waals surface area contributed by atoms with Crippen molar-refractivity contribution in [2.45, 2.75) is 24.8 Å². The summed E-state index contributed by atoms with van der Waals surface area (Å²) in [6, 6.07) is 7.79. The van der Waals surface area contributed by atoms with Gasteiger partial charge in [0.15, 0.2) is 0 Å². The standard InChI is InChI=1S/C16H21N3O4S/c1-3-23-13(2)16(20)18-8-10-19(11-9-18)24(21,22)15-6-4-14(12-17)5-7-15/h4-7,13H,3,8-11H2,1-2H3. The third-order valence-electron chi connectivity index (χ3n) is 3.94. The highest BCUT2D eigenvalue weighted by Gasteiger charge is 2.31. The Morgan fingerprint density at radius 2 is 1.83 bits per heavy atom. The molecule has 0 aliphatic carbocycles. The first kappa shape index (κ1) is 18.4. The summed E-state index contributed by atoms with van der Waals surface area (Å²) in [4.78, 5) is 14.0. The number of nitriles is 1. The van der Waals surface area contributed by atoms with E-state index < -0.39 is 16.1 Å². The molecule has 1 aliphatic heterocycles. The number of hydrogen-bond donors (Lipinski definition) is 0. The number of sulfonamides is 1. The van der Waals surface area contributed by atoms with E-state index in [0.29, 0.717) is 25.3 Å². The van der Waals surface area contributed by atoms with E-state index in [-0.39, 0.29) is 23.9 Å². The van der Waals surface area contributed by atoms with Crippen LogP contribution in [-0.2, 0) is 19.6 Å². The molecule has 0 spiro atoms. The molecule has 7 nitrogen and oxygen atoms in total. The van der Waals surface area contributed by atoms with Crippen molar-refractivity contribution in [1.29, 1.82) is 5.26 Å². The van der Waals surface area contributed by atoms with E-state index in [1.165, 1.54) is 28.6 Å². The molecule has 1 unspecified atom stereocenters. The molecule has 1 heterocycles. The largest absolute Gasteiger partial charge is 0.369 e. The zero-order valence-electron chi connectivity index (χ0n) is 13.8. The summed E-state index contributed by atoms with van der Waals surface area (Å²) in [6.45, 7) is 5.15. The lowest BCUT2D eigenvalue weighted by Gasteiger charge is -2.35. The van der Waals surface area contributed by atoms with Gasteiger partial charge < -0.3 is 9.64 Å². The van der Waals surface area contributed by atoms with E-state index in [1.54, 1.807) is 11.8 Å². The Bertz CT molecular complexity index is 717. The number of amides is 1. The SMILES string of the molecule is CCOC(C)C(=O)N1CCN(S(=O)(=O)c2ccc(C#N)cc2)CC1. The molecule has 1 atom stereocenters. The van der Waals surface area contributed by atoms with Crippen molar-refractivity contribution in [3.05, 3.63) is 29.8 Å². The van der Waals surface area contributed by atoms with Gasteiger partial charge in [0.2, 0.25) is 10.0 Å². The van der Waals surface area contributed by atoms with Crippen LogP contribution in [0.25, 0.3) is 0 Å². The first-order valence-corrected chi connectivity index (χ1v) is 9.25. The van der Waals surface area contributed by atoms with Crippen molar-refractivity contribution in [3.63, 3.8) is 0 Å². The molecule has 0 bridgehead atoms. The molecule has 8 heteroatoms. The molecule has 1 amide bonds. The van der Waals surface area contributed by atoms with Crippen LogP contribution in [-0.4, -0.2) is 62.4 Å². The molecule has 1 aromatic carbocycles. The van der Waals surface area contributed by atoms with Gasteiger partial charge in [-0.25, -0.2) is 8.42 Å². The van der Waals surface area contributed by atoms with Crippen LogP contribution in [0.15, 0.2) is 29.2 Å². The smallest absolute Gasteiger partial charge is 0.251 e. The van der Waals surface area contributed by atoms with Crippen molar-refractivity contribution in [2.75, 3.05) is 32.8 Å². The minimum absolute atomic E-state index is 0.118. The van der Waals surface area contributed by atoms with E-state index in [1.807, 2.05) is 13.0 Å². The van der Waals surface area contributed by atoms with Gasteiger partial charge in [0.05, 0.1) is 16.5 Å². The van der Waals surface area contributed by atoms with Gasteiger partial charge in [0, 0.05) is 32.8 Å². The lowest BCUT2D eigenvalue weighted by molar-refractivity contribution is -0.143. The third kappa shape index (κ3) is 3.93. The molecule has 0 saturated carbocycles. The van der Waals surface area contributed by atoms with Crippen LogP contribution in [0.2, 0.25) is 0 Å². The summed E-state index contributed by atoms with van der Waals surface area (Å²) in [5.74, 6) is -0.118. The van der Waals surface area contributed by atoms with Crippen LogP contribution in [0, 0.1) is 11.3 Å². The van der Waals surface area contributed by atoms with Gasteiger partial charge in [-0.05, 0) is 38.1 Å². The van der Waals surface area contributed by atoms with Crippen LogP contribution in [0.4, 0.5) is 0 Å². The molecule has 1 aromatic rings. The maximum Gasteiger partial charge on any atom is 0.251 e. The second kappa shape index (κ2) is 7.75. The zero-order chi connectivity index (χ0) is 17.7. The number of nitrogens with zero attached hydrogens (tertiary/aromatic N) is 3. The first-order valence-electron chi connectivity index (χ1n) is 7.81.